The average Bonchev–Trinajstić information content (AvgIpc) is 3.06. The Hall–Kier alpha value is -1.89. The smallest absolute Gasteiger partial charge is 0.325 e. The van der Waals surface area contributed by atoms with Crippen molar-refractivity contribution in [1.29, 1.82) is 0 Å². The van der Waals surface area contributed by atoms with Crippen LogP contribution in [-0.2, 0) is 16.1 Å². The maximum absolute atomic E-state index is 13.1. The Morgan fingerprint density at radius 2 is 1.76 bits per heavy atom. The van der Waals surface area contributed by atoms with E-state index in [1.165, 1.54) is 4.90 Å². The van der Waals surface area contributed by atoms with Crippen LogP contribution in [0.25, 0.3) is 0 Å². The third kappa shape index (κ3) is 3.00. The first-order valence-electron chi connectivity index (χ1n) is 10.4. The summed E-state index contributed by atoms with van der Waals surface area (Å²) in [5.41, 5.74) is 0.146. The van der Waals surface area contributed by atoms with Gasteiger partial charge in [0.15, 0.2) is 0 Å². The Bertz CT molecular complexity index is 825. The second-order valence-electron chi connectivity index (χ2n) is 10.1. The summed E-state index contributed by atoms with van der Waals surface area (Å²) in [7, 11) is 0. The molecule has 1 atom stereocenters. The molecule has 2 aliphatic heterocycles. The van der Waals surface area contributed by atoms with Gasteiger partial charge in [-0.25, -0.2) is 4.79 Å². The van der Waals surface area contributed by atoms with Gasteiger partial charge in [-0.3, -0.25) is 14.5 Å². The van der Waals surface area contributed by atoms with Crippen LogP contribution >= 0.6 is 11.3 Å². The largest absolute Gasteiger partial charge is 0.342 e. The maximum Gasteiger partial charge on any atom is 0.325 e. The Kier molecular flexibility index (Phi) is 4.61. The van der Waals surface area contributed by atoms with Crippen molar-refractivity contribution >= 4 is 29.2 Å². The van der Waals surface area contributed by atoms with Gasteiger partial charge < -0.3 is 10.2 Å². The fraction of sp³-hybridized carbons (Fsp3) is 0.682. The molecular weight excluding hydrogens is 386 g/mol. The molecule has 7 heteroatoms. The van der Waals surface area contributed by atoms with Crippen molar-refractivity contribution in [3.05, 3.63) is 22.4 Å². The summed E-state index contributed by atoms with van der Waals surface area (Å²) in [6.07, 6.45) is 1.46. The minimum absolute atomic E-state index is 0.0322. The summed E-state index contributed by atoms with van der Waals surface area (Å²) in [4.78, 5) is 42.0. The number of hydrogen-bond acceptors (Lipinski definition) is 4. The first-order chi connectivity index (χ1) is 13.5. The standard InChI is InChI=1S/C22H31N3O3S/c1-20(2)16(21(20,3)4)17(26)24-9-6-15(7-10-24)22(5)18(27)25(19(28)23-22)12-14-8-11-29-13-14/h8,11,13,15-16H,6-7,9-10,12H2,1-5H3,(H,23,28). The van der Waals surface area contributed by atoms with E-state index in [2.05, 4.69) is 33.0 Å². The Morgan fingerprint density at radius 3 is 2.28 bits per heavy atom. The van der Waals surface area contributed by atoms with Crippen LogP contribution in [0.4, 0.5) is 4.79 Å². The van der Waals surface area contributed by atoms with Gasteiger partial charge in [-0.1, -0.05) is 27.7 Å². The highest BCUT2D eigenvalue weighted by atomic mass is 32.1. The third-order valence-electron chi connectivity index (χ3n) is 8.11. The Morgan fingerprint density at radius 1 is 1.14 bits per heavy atom. The van der Waals surface area contributed by atoms with Gasteiger partial charge in [0.05, 0.1) is 6.54 Å². The topological polar surface area (TPSA) is 69.7 Å². The molecule has 0 radical (unpaired) electrons. The SMILES string of the molecule is CC1(C2CCN(C(=O)C3C(C)(C)C3(C)C)CC2)NC(=O)N(Cc2ccsc2)C1=O. The summed E-state index contributed by atoms with van der Waals surface area (Å²) in [5, 5.41) is 6.86. The third-order valence-corrected chi connectivity index (χ3v) is 8.84. The van der Waals surface area contributed by atoms with Gasteiger partial charge in [-0.15, -0.1) is 0 Å². The molecular formula is C22H31N3O3S. The lowest BCUT2D eigenvalue weighted by atomic mass is 9.78. The highest BCUT2D eigenvalue weighted by Gasteiger charge is 2.69. The fourth-order valence-corrected chi connectivity index (χ4v) is 6.03. The van der Waals surface area contributed by atoms with E-state index < -0.39 is 5.54 Å². The lowest BCUT2D eigenvalue weighted by Gasteiger charge is -2.39. The molecule has 1 aromatic rings. The van der Waals surface area contributed by atoms with Crippen LogP contribution in [0.2, 0.25) is 0 Å². The molecule has 3 aliphatic rings. The van der Waals surface area contributed by atoms with Gasteiger partial charge in [0, 0.05) is 19.0 Å². The number of urea groups is 1. The van der Waals surface area contributed by atoms with Crippen molar-refractivity contribution in [1.82, 2.24) is 15.1 Å². The molecule has 6 nitrogen and oxygen atoms in total. The van der Waals surface area contributed by atoms with Crippen LogP contribution in [0.3, 0.4) is 0 Å². The van der Waals surface area contributed by atoms with Crippen molar-refractivity contribution in [3.8, 4) is 0 Å². The monoisotopic (exact) mass is 417 g/mol. The number of nitrogens with one attached hydrogen (secondary N) is 1. The van der Waals surface area contributed by atoms with Crippen molar-refractivity contribution in [2.75, 3.05) is 13.1 Å². The normalized spacial score (nSPS) is 29.3. The highest BCUT2D eigenvalue weighted by Crippen LogP contribution is 2.68. The van der Waals surface area contributed by atoms with Crippen molar-refractivity contribution in [2.45, 2.75) is 59.5 Å². The molecule has 0 spiro atoms. The number of piperidine rings is 1. The second-order valence-corrected chi connectivity index (χ2v) is 10.9. The Balaban J connectivity index is 1.40. The first-order valence-corrected chi connectivity index (χ1v) is 11.4. The minimum atomic E-state index is -0.889. The number of hydrogen-bond donors (Lipinski definition) is 1. The summed E-state index contributed by atoms with van der Waals surface area (Å²) >= 11 is 1.56. The van der Waals surface area contributed by atoms with Crippen LogP contribution in [0.15, 0.2) is 16.8 Å². The highest BCUT2D eigenvalue weighted by molar-refractivity contribution is 7.07. The van der Waals surface area contributed by atoms with Crippen molar-refractivity contribution in [2.24, 2.45) is 22.7 Å². The zero-order valence-electron chi connectivity index (χ0n) is 17.9. The average molecular weight is 418 g/mol. The summed E-state index contributed by atoms with van der Waals surface area (Å²) in [6, 6.07) is 1.62. The van der Waals surface area contributed by atoms with E-state index in [-0.39, 0.29) is 40.5 Å². The quantitative estimate of drug-likeness (QED) is 0.763. The Labute approximate surface area is 176 Å². The zero-order valence-corrected chi connectivity index (χ0v) is 18.8. The number of imide groups is 1. The van der Waals surface area contributed by atoms with E-state index in [1.54, 1.807) is 11.3 Å². The van der Waals surface area contributed by atoms with E-state index in [1.807, 2.05) is 28.7 Å². The molecule has 4 amide bonds. The van der Waals surface area contributed by atoms with E-state index in [4.69, 9.17) is 0 Å². The van der Waals surface area contributed by atoms with E-state index in [0.717, 1.165) is 18.4 Å². The summed E-state index contributed by atoms with van der Waals surface area (Å²) in [5.74, 6) is 0.194. The maximum atomic E-state index is 13.1. The number of nitrogens with zero attached hydrogens (tertiary/aromatic N) is 2. The molecule has 4 rings (SSSR count). The van der Waals surface area contributed by atoms with Gasteiger partial charge in [0.2, 0.25) is 5.91 Å². The van der Waals surface area contributed by atoms with Gasteiger partial charge in [-0.2, -0.15) is 11.3 Å². The van der Waals surface area contributed by atoms with E-state index in [9.17, 15) is 14.4 Å². The van der Waals surface area contributed by atoms with Gasteiger partial charge >= 0.3 is 6.03 Å². The molecule has 158 valence electrons. The van der Waals surface area contributed by atoms with Crippen LogP contribution in [0.5, 0.6) is 0 Å². The van der Waals surface area contributed by atoms with Gasteiger partial charge in [0.1, 0.15) is 5.54 Å². The lowest BCUT2D eigenvalue weighted by Crippen LogP contribution is -2.54. The summed E-state index contributed by atoms with van der Waals surface area (Å²) < 4.78 is 0. The molecule has 1 aromatic heterocycles. The van der Waals surface area contributed by atoms with Gasteiger partial charge in [-0.05, 0) is 58.9 Å². The molecule has 29 heavy (non-hydrogen) atoms. The molecule has 0 bridgehead atoms. The molecule has 1 aliphatic carbocycles. The number of carbonyl (C=O) groups excluding carboxylic acids is 3. The minimum Gasteiger partial charge on any atom is -0.342 e. The zero-order chi connectivity index (χ0) is 21.2. The second kappa shape index (κ2) is 6.56. The number of likely N-dealkylation sites (tertiary alicyclic amines) is 1. The molecule has 1 saturated carbocycles. The molecule has 3 fully saturated rings. The first kappa shape index (κ1) is 20.4. The van der Waals surface area contributed by atoms with Gasteiger partial charge in [0.25, 0.3) is 5.91 Å². The predicted molar refractivity (Wildman–Crippen MR) is 112 cm³/mol. The number of thiophene rings is 1. The lowest BCUT2D eigenvalue weighted by molar-refractivity contribution is -0.137. The number of carbonyl (C=O) groups is 3. The van der Waals surface area contributed by atoms with E-state index >= 15 is 0 Å². The van der Waals surface area contributed by atoms with E-state index in [0.29, 0.717) is 19.6 Å². The fourth-order valence-electron chi connectivity index (χ4n) is 5.37. The molecule has 1 unspecified atom stereocenters. The summed E-state index contributed by atoms with van der Waals surface area (Å²) in [6.45, 7) is 12.1. The molecule has 0 aromatic carbocycles. The van der Waals surface area contributed by atoms with Crippen molar-refractivity contribution < 1.29 is 14.4 Å². The number of amides is 4. The van der Waals surface area contributed by atoms with Crippen LogP contribution in [-0.4, -0.2) is 46.3 Å². The molecule has 3 heterocycles. The molecule has 1 N–H and O–H groups in total. The van der Waals surface area contributed by atoms with Crippen LogP contribution in [0, 0.1) is 22.7 Å². The predicted octanol–water partition coefficient (Wildman–Crippen LogP) is 3.48. The number of rotatable bonds is 4. The molecule has 2 saturated heterocycles. The van der Waals surface area contributed by atoms with Crippen LogP contribution in [0.1, 0.15) is 53.0 Å². The van der Waals surface area contributed by atoms with Crippen molar-refractivity contribution in [3.63, 3.8) is 0 Å². The van der Waals surface area contributed by atoms with Crippen LogP contribution < -0.4 is 5.32 Å².